The van der Waals surface area contributed by atoms with Crippen LogP contribution in [0, 0.1) is 11.7 Å². The first kappa shape index (κ1) is 19.5. The number of rotatable bonds is 7. The molecule has 0 bridgehead atoms. The highest BCUT2D eigenvalue weighted by Gasteiger charge is 2.22. The number of aromatic nitrogens is 3. The molecule has 26 heavy (non-hydrogen) atoms. The van der Waals surface area contributed by atoms with Crippen LogP contribution in [0.25, 0.3) is 11.3 Å². The van der Waals surface area contributed by atoms with E-state index >= 15 is 0 Å². The Morgan fingerprint density at radius 3 is 2.73 bits per heavy atom. The molecule has 0 spiro atoms. The van der Waals surface area contributed by atoms with Crippen molar-refractivity contribution in [2.75, 3.05) is 6.61 Å². The van der Waals surface area contributed by atoms with Crippen molar-refractivity contribution < 1.29 is 18.7 Å². The minimum atomic E-state index is -1.04. The highest BCUT2D eigenvalue weighted by molar-refractivity contribution is 5.67. The van der Waals surface area contributed by atoms with Crippen LogP contribution in [0.3, 0.4) is 0 Å². The van der Waals surface area contributed by atoms with Gasteiger partial charge in [-0.25, -0.2) is 19.2 Å². The summed E-state index contributed by atoms with van der Waals surface area (Å²) in [4.78, 5) is 22.4. The second-order valence-corrected chi connectivity index (χ2v) is 6.70. The van der Waals surface area contributed by atoms with E-state index < -0.39 is 17.4 Å². The second-order valence-electron chi connectivity index (χ2n) is 6.70. The summed E-state index contributed by atoms with van der Waals surface area (Å²) in [5.74, 6) is -0.404. The van der Waals surface area contributed by atoms with Crippen LogP contribution in [-0.2, 0) is 0 Å². The number of pyridine rings is 1. The molecule has 2 heterocycles. The number of primary amides is 1. The molecule has 1 unspecified atom stereocenters. The van der Waals surface area contributed by atoms with E-state index in [0.717, 1.165) is 6.42 Å². The summed E-state index contributed by atoms with van der Waals surface area (Å²) < 4.78 is 24.3. The Bertz CT molecular complexity index is 783. The van der Waals surface area contributed by atoms with Gasteiger partial charge in [-0.3, -0.25) is 0 Å². The lowest BCUT2D eigenvalue weighted by Gasteiger charge is -2.26. The first-order chi connectivity index (χ1) is 12.2. The third kappa shape index (κ3) is 5.62. The number of halogens is 1. The van der Waals surface area contributed by atoms with Gasteiger partial charge in [0.05, 0.1) is 5.69 Å². The molecule has 0 radical (unpaired) electrons. The number of carbonyl (C=O) groups is 1. The molecule has 0 aliphatic carbocycles. The predicted molar refractivity (Wildman–Crippen MR) is 93.0 cm³/mol. The van der Waals surface area contributed by atoms with Crippen LogP contribution in [0.2, 0.25) is 0 Å². The van der Waals surface area contributed by atoms with Crippen molar-refractivity contribution >= 4 is 6.09 Å². The largest absolute Gasteiger partial charge is 0.474 e. The smallest absolute Gasteiger partial charge is 0.412 e. The highest BCUT2D eigenvalue weighted by atomic mass is 19.1. The lowest BCUT2D eigenvalue weighted by molar-refractivity contribution is 0.193. The van der Waals surface area contributed by atoms with Crippen molar-refractivity contribution in [3.05, 3.63) is 30.3 Å². The Hall–Kier alpha value is -2.81. The molecular formula is C17H22FN5O3. The van der Waals surface area contributed by atoms with Crippen LogP contribution in [-0.4, -0.2) is 33.2 Å². The minimum absolute atomic E-state index is 0.137. The van der Waals surface area contributed by atoms with Gasteiger partial charge in [-0.2, -0.15) is 4.98 Å². The molecule has 2 aromatic heterocycles. The number of ether oxygens (including phenoxy) is 2. The SMILES string of the molecule is CC(C)CC(C)(N)COc1ncc(-c2ccnc(OC(N)=O)n2)cc1F. The lowest BCUT2D eigenvalue weighted by atomic mass is 9.93. The molecule has 2 rings (SSSR count). The van der Waals surface area contributed by atoms with Gasteiger partial charge in [0.2, 0.25) is 5.88 Å². The molecule has 1 amide bonds. The Labute approximate surface area is 150 Å². The Morgan fingerprint density at radius 2 is 2.12 bits per heavy atom. The summed E-state index contributed by atoms with van der Waals surface area (Å²) in [7, 11) is 0. The molecule has 0 saturated carbocycles. The molecule has 9 heteroatoms. The molecule has 8 nitrogen and oxygen atoms in total. The van der Waals surface area contributed by atoms with Crippen molar-refractivity contribution in [2.24, 2.45) is 17.4 Å². The standard InChI is InChI=1S/C17H22FN5O3/c1-10(2)7-17(3,20)9-25-14-12(18)6-11(8-22-14)13-4-5-21-16(23-13)26-15(19)24/h4-6,8,10H,7,9,20H2,1-3H3,(H2,19,24). The summed E-state index contributed by atoms with van der Waals surface area (Å²) >= 11 is 0. The van der Waals surface area contributed by atoms with E-state index in [1.54, 1.807) is 0 Å². The maximum Gasteiger partial charge on any atom is 0.412 e. The van der Waals surface area contributed by atoms with Gasteiger partial charge in [0.15, 0.2) is 5.82 Å². The van der Waals surface area contributed by atoms with Gasteiger partial charge in [0.25, 0.3) is 0 Å². The normalized spacial score (nSPS) is 13.3. The van der Waals surface area contributed by atoms with Gasteiger partial charge in [-0.05, 0) is 31.4 Å². The molecule has 0 aliphatic rings. The monoisotopic (exact) mass is 363 g/mol. The van der Waals surface area contributed by atoms with Crippen molar-refractivity contribution in [1.29, 1.82) is 0 Å². The fourth-order valence-electron chi connectivity index (χ4n) is 2.54. The zero-order chi connectivity index (χ0) is 19.3. The summed E-state index contributed by atoms with van der Waals surface area (Å²) in [5.41, 5.74) is 11.2. The van der Waals surface area contributed by atoms with E-state index in [2.05, 4.69) is 33.5 Å². The van der Waals surface area contributed by atoms with Crippen molar-refractivity contribution in [1.82, 2.24) is 15.0 Å². The zero-order valence-electron chi connectivity index (χ0n) is 14.9. The Balaban J connectivity index is 2.13. The topological polar surface area (TPSA) is 126 Å². The number of nitrogens with zero attached hydrogens (tertiary/aromatic N) is 3. The zero-order valence-corrected chi connectivity index (χ0v) is 14.9. The number of nitrogens with two attached hydrogens (primary N) is 2. The van der Waals surface area contributed by atoms with E-state index in [4.69, 9.17) is 16.2 Å². The molecule has 0 saturated heterocycles. The van der Waals surface area contributed by atoms with E-state index in [-0.39, 0.29) is 18.5 Å². The van der Waals surface area contributed by atoms with Gasteiger partial charge >= 0.3 is 12.1 Å². The van der Waals surface area contributed by atoms with Crippen LogP contribution in [0.5, 0.6) is 11.9 Å². The second kappa shape index (κ2) is 8.05. The average molecular weight is 363 g/mol. The lowest BCUT2D eigenvalue weighted by Crippen LogP contribution is -2.43. The van der Waals surface area contributed by atoms with Crippen LogP contribution in [0.1, 0.15) is 27.2 Å². The third-order valence-electron chi connectivity index (χ3n) is 3.34. The van der Waals surface area contributed by atoms with Gasteiger partial charge in [0, 0.05) is 23.5 Å². The van der Waals surface area contributed by atoms with Crippen molar-refractivity contribution in [3.8, 4) is 23.1 Å². The van der Waals surface area contributed by atoms with Crippen LogP contribution >= 0.6 is 0 Å². The molecule has 0 aliphatic heterocycles. The number of carbonyl (C=O) groups excluding carboxylic acids is 1. The van der Waals surface area contributed by atoms with E-state index in [0.29, 0.717) is 17.2 Å². The molecule has 0 aromatic carbocycles. The summed E-state index contributed by atoms with van der Waals surface area (Å²) in [5, 5.41) is 0. The fourth-order valence-corrected chi connectivity index (χ4v) is 2.54. The summed E-state index contributed by atoms with van der Waals surface area (Å²) in [6.45, 7) is 6.09. The average Bonchev–Trinajstić information content (AvgIpc) is 2.52. The molecular weight excluding hydrogens is 341 g/mol. The maximum atomic E-state index is 14.3. The van der Waals surface area contributed by atoms with Crippen LogP contribution in [0.15, 0.2) is 24.5 Å². The van der Waals surface area contributed by atoms with E-state index in [1.807, 2.05) is 6.92 Å². The number of hydrogen-bond acceptors (Lipinski definition) is 7. The Morgan fingerprint density at radius 1 is 1.38 bits per heavy atom. The Kier molecular flexibility index (Phi) is 6.04. The van der Waals surface area contributed by atoms with E-state index in [1.165, 1.54) is 24.5 Å². The molecule has 0 fully saturated rings. The van der Waals surface area contributed by atoms with Crippen LogP contribution < -0.4 is 20.9 Å². The third-order valence-corrected chi connectivity index (χ3v) is 3.34. The summed E-state index contributed by atoms with van der Waals surface area (Å²) in [6.07, 6.45) is 2.44. The molecule has 4 N–H and O–H groups in total. The first-order valence-electron chi connectivity index (χ1n) is 8.04. The van der Waals surface area contributed by atoms with Gasteiger partial charge in [-0.15, -0.1) is 0 Å². The predicted octanol–water partition coefficient (Wildman–Crippen LogP) is 2.28. The maximum absolute atomic E-state index is 14.3. The summed E-state index contributed by atoms with van der Waals surface area (Å²) in [6, 6.07) is 2.50. The fraction of sp³-hybridized carbons (Fsp3) is 0.412. The van der Waals surface area contributed by atoms with Crippen molar-refractivity contribution in [2.45, 2.75) is 32.7 Å². The van der Waals surface area contributed by atoms with E-state index in [9.17, 15) is 9.18 Å². The minimum Gasteiger partial charge on any atom is -0.474 e. The van der Waals surface area contributed by atoms with Crippen LogP contribution in [0.4, 0.5) is 9.18 Å². The van der Waals surface area contributed by atoms with Crippen molar-refractivity contribution in [3.63, 3.8) is 0 Å². The molecule has 1 atom stereocenters. The van der Waals surface area contributed by atoms with Gasteiger partial charge < -0.3 is 20.9 Å². The highest BCUT2D eigenvalue weighted by Crippen LogP contribution is 2.24. The van der Waals surface area contributed by atoms with Gasteiger partial charge in [-0.1, -0.05) is 13.8 Å². The number of amides is 1. The number of hydrogen-bond donors (Lipinski definition) is 2. The first-order valence-corrected chi connectivity index (χ1v) is 8.04. The molecule has 2 aromatic rings. The quantitative estimate of drug-likeness (QED) is 0.772. The van der Waals surface area contributed by atoms with Gasteiger partial charge in [0.1, 0.15) is 6.61 Å². The molecule has 140 valence electrons.